The molecule has 0 radical (unpaired) electrons. The summed E-state index contributed by atoms with van der Waals surface area (Å²) in [7, 11) is 0.917. The average molecular weight is 316 g/mol. The van der Waals surface area contributed by atoms with Crippen LogP contribution in [-0.4, -0.2) is 31.7 Å². The van der Waals surface area contributed by atoms with Crippen LogP contribution in [0.3, 0.4) is 0 Å². The minimum atomic E-state index is -6.37. The highest BCUT2D eigenvalue weighted by Crippen LogP contribution is 2.50. The first-order valence-electron chi connectivity index (χ1n) is 5.61. The molecule has 0 bridgehead atoms. The van der Waals surface area contributed by atoms with Crippen LogP contribution in [0, 0.1) is 0 Å². The smallest absolute Gasteiger partial charge is 0.380 e. The Morgan fingerprint density at radius 3 is 1.95 bits per heavy atom. The van der Waals surface area contributed by atoms with Crippen molar-refractivity contribution in [3.05, 3.63) is 41.5 Å². The molecule has 0 aliphatic carbocycles. The van der Waals surface area contributed by atoms with Gasteiger partial charge in [0.25, 0.3) is 0 Å². The van der Waals surface area contributed by atoms with Crippen molar-refractivity contribution < 1.29 is 35.5 Å². The second kappa shape index (κ2) is 6.05. The standard InChI is InChI=1S/C13H11F7O/c1-21-8-10(7-9-5-3-2-4-6-9)11(14,15)12(16,17)13(18,19)20/h2-7H,8H2,1H3. The number of hydrogen-bond donors (Lipinski definition) is 0. The van der Waals surface area contributed by atoms with Crippen molar-refractivity contribution >= 4 is 6.08 Å². The number of halogens is 7. The van der Waals surface area contributed by atoms with Crippen molar-refractivity contribution in [2.45, 2.75) is 18.0 Å². The normalized spacial score (nSPS) is 14.4. The van der Waals surface area contributed by atoms with E-state index in [1.54, 1.807) is 0 Å². The van der Waals surface area contributed by atoms with Gasteiger partial charge in [-0.1, -0.05) is 30.3 Å². The quantitative estimate of drug-likeness (QED) is 0.724. The summed E-state index contributed by atoms with van der Waals surface area (Å²) >= 11 is 0. The zero-order valence-electron chi connectivity index (χ0n) is 10.7. The summed E-state index contributed by atoms with van der Waals surface area (Å²) in [5.74, 6) is -11.6. The summed E-state index contributed by atoms with van der Waals surface area (Å²) in [6.45, 7) is -1.06. The van der Waals surface area contributed by atoms with Gasteiger partial charge in [-0.25, -0.2) is 0 Å². The molecule has 0 heterocycles. The summed E-state index contributed by atoms with van der Waals surface area (Å²) < 4.78 is 94.1. The van der Waals surface area contributed by atoms with Crippen molar-refractivity contribution in [3.8, 4) is 0 Å². The third-order valence-electron chi connectivity index (χ3n) is 2.59. The summed E-state index contributed by atoms with van der Waals surface area (Å²) in [5, 5.41) is 0. The Kier molecular flexibility index (Phi) is 5.03. The molecule has 0 spiro atoms. The van der Waals surface area contributed by atoms with Crippen molar-refractivity contribution in [3.63, 3.8) is 0 Å². The van der Waals surface area contributed by atoms with Crippen LogP contribution in [0.25, 0.3) is 6.08 Å². The zero-order valence-corrected chi connectivity index (χ0v) is 10.7. The fourth-order valence-electron chi connectivity index (χ4n) is 1.51. The van der Waals surface area contributed by atoms with Crippen LogP contribution >= 0.6 is 0 Å². The molecule has 0 unspecified atom stereocenters. The molecule has 1 nitrogen and oxygen atoms in total. The number of benzene rings is 1. The van der Waals surface area contributed by atoms with Gasteiger partial charge in [0, 0.05) is 12.7 Å². The van der Waals surface area contributed by atoms with Gasteiger partial charge in [0.1, 0.15) is 0 Å². The van der Waals surface area contributed by atoms with Crippen LogP contribution in [-0.2, 0) is 4.74 Å². The van der Waals surface area contributed by atoms with Crippen LogP contribution in [0.15, 0.2) is 35.9 Å². The zero-order chi connectivity index (χ0) is 16.3. The van der Waals surface area contributed by atoms with E-state index in [0.29, 0.717) is 6.08 Å². The number of methoxy groups -OCH3 is 1. The van der Waals surface area contributed by atoms with Crippen LogP contribution in [0.1, 0.15) is 5.56 Å². The fraction of sp³-hybridized carbons (Fsp3) is 0.385. The Labute approximate surface area is 116 Å². The van der Waals surface area contributed by atoms with Crippen LogP contribution < -0.4 is 0 Å². The third kappa shape index (κ3) is 3.55. The van der Waals surface area contributed by atoms with E-state index in [0.717, 1.165) is 7.11 Å². The lowest BCUT2D eigenvalue weighted by Gasteiger charge is -2.29. The Morgan fingerprint density at radius 1 is 1.00 bits per heavy atom. The maximum Gasteiger partial charge on any atom is 0.460 e. The van der Waals surface area contributed by atoms with E-state index in [2.05, 4.69) is 4.74 Å². The molecule has 0 saturated carbocycles. The lowest BCUT2D eigenvalue weighted by atomic mass is 9.99. The summed E-state index contributed by atoms with van der Waals surface area (Å²) in [6.07, 6.45) is -5.82. The first-order chi connectivity index (χ1) is 9.54. The maximum absolute atomic E-state index is 13.6. The molecule has 8 heteroatoms. The molecule has 0 aromatic heterocycles. The van der Waals surface area contributed by atoms with Gasteiger partial charge in [0.2, 0.25) is 0 Å². The van der Waals surface area contributed by atoms with Gasteiger partial charge in [0.15, 0.2) is 0 Å². The second-order valence-corrected chi connectivity index (χ2v) is 4.16. The highest BCUT2D eigenvalue weighted by Gasteiger charge is 2.74. The van der Waals surface area contributed by atoms with Crippen LogP contribution in [0.4, 0.5) is 30.7 Å². The van der Waals surface area contributed by atoms with Gasteiger partial charge < -0.3 is 4.74 Å². The Hall–Kier alpha value is -1.57. The predicted molar refractivity (Wildman–Crippen MR) is 62.2 cm³/mol. The highest BCUT2D eigenvalue weighted by atomic mass is 19.4. The SMILES string of the molecule is COCC(=Cc1ccccc1)C(F)(F)C(F)(F)C(F)(F)F. The maximum atomic E-state index is 13.6. The van der Waals surface area contributed by atoms with E-state index in [9.17, 15) is 30.7 Å². The molecule has 0 amide bonds. The van der Waals surface area contributed by atoms with E-state index in [1.165, 1.54) is 30.3 Å². The van der Waals surface area contributed by atoms with Crippen molar-refractivity contribution in [1.29, 1.82) is 0 Å². The van der Waals surface area contributed by atoms with Gasteiger partial charge in [-0.05, 0) is 11.6 Å². The molecule has 0 aliphatic heterocycles. The largest absolute Gasteiger partial charge is 0.460 e. The molecule has 118 valence electrons. The van der Waals surface area contributed by atoms with Crippen molar-refractivity contribution in [1.82, 2.24) is 0 Å². The lowest BCUT2D eigenvalue weighted by molar-refractivity contribution is -0.345. The van der Waals surface area contributed by atoms with E-state index in [4.69, 9.17) is 0 Å². The number of alkyl halides is 7. The van der Waals surface area contributed by atoms with Crippen molar-refractivity contribution in [2.75, 3.05) is 13.7 Å². The molecule has 1 aromatic carbocycles. The third-order valence-corrected chi connectivity index (χ3v) is 2.59. The van der Waals surface area contributed by atoms with Gasteiger partial charge in [0.05, 0.1) is 6.61 Å². The number of hydrogen-bond acceptors (Lipinski definition) is 1. The molecule has 0 fully saturated rings. The van der Waals surface area contributed by atoms with E-state index < -0.39 is 30.2 Å². The first-order valence-corrected chi connectivity index (χ1v) is 5.61. The molecule has 21 heavy (non-hydrogen) atoms. The first kappa shape index (κ1) is 17.5. The molecule has 0 saturated heterocycles. The summed E-state index contributed by atoms with van der Waals surface area (Å²) in [6, 6.07) is 6.97. The predicted octanol–water partition coefficient (Wildman–Crippen LogP) is 4.55. The summed E-state index contributed by atoms with van der Waals surface area (Å²) in [5.41, 5.74) is -1.40. The molecular weight excluding hydrogens is 305 g/mol. The monoisotopic (exact) mass is 316 g/mol. The number of rotatable bonds is 5. The van der Waals surface area contributed by atoms with E-state index in [-0.39, 0.29) is 5.56 Å². The lowest BCUT2D eigenvalue weighted by Crippen LogP contribution is -2.53. The fourth-order valence-corrected chi connectivity index (χ4v) is 1.51. The molecule has 1 aromatic rings. The molecule has 0 N–H and O–H groups in total. The van der Waals surface area contributed by atoms with Gasteiger partial charge in [-0.3, -0.25) is 0 Å². The van der Waals surface area contributed by atoms with Crippen LogP contribution in [0.2, 0.25) is 0 Å². The Bertz CT molecular complexity index is 491. The topological polar surface area (TPSA) is 9.23 Å². The summed E-state index contributed by atoms with van der Waals surface area (Å²) in [4.78, 5) is 0. The van der Waals surface area contributed by atoms with E-state index >= 15 is 0 Å². The molecular formula is C13H11F7O. The van der Waals surface area contributed by atoms with Crippen molar-refractivity contribution in [2.24, 2.45) is 0 Å². The van der Waals surface area contributed by atoms with Gasteiger partial charge in [-0.2, -0.15) is 30.7 Å². The molecule has 0 aliphatic rings. The average Bonchev–Trinajstić information content (AvgIpc) is 2.38. The van der Waals surface area contributed by atoms with Gasteiger partial charge in [-0.15, -0.1) is 0 Å². The van der Waals surface area contributed by atoms with Crippen LogP contribution in [0.5, 0.6) is 0 Å². The molecule has 0 atom stereocenters. The van der Waals surface area contributed by atoms with Gasteiger partial charge >= 0.3 is 18.0 Å². The number of ether oxygens (including phenoxy) is 1. The second-order valence-electron chi connectivity index (χ2n) is 4.16. The Morgan fingerprint density at radius 2 is 1.52 bits per heavy atom. The minimum Gasteiger partial charge on any atom is -0.380 e. The minimum absolute atomic E-state index is 0.0576. The molecule has 1 rings (SSSR count). The highest BCUT2D eigenvalue weighted by molar-refractivity contribution is 5.55. The Balaban J connectivity index is 3.30. The van der Waals surface area contributed by atoms with E-state index in [1.807, 2.05) is 0 Å².